The molecule has 82 valence electrons. The first kappa shape index (κ1) is 9.93. The molecular weight excluding hydrogens is 218 g/mol. The SMILES string of the molecule is Cc1nc2c(c(-c3cccs3)n1)CNCC2. The molecule has 2 aromatic rings. The van der Waals surface area contributed by atoms with Gasteiger partial charge in [0.25, 0.3) is 0 Å². The minimum Gasteiger partial charge on any atom is -0.312 e. The summed E-state index contributed by atoms with van der Waals surface area (Å²) >= 11 is 1.74. The zero-order chi connectivity index (χ0) is 11.0. The molecular formula is C12H13N3S. The highest BCUT2D eigenvalue weighted by atomic mass is 32.1. The van der Waals surface area contributed by atoms with Crippen LogP contribution in [0.15, 0.2) is 17.5 Å². The van der Waals surface area contributed by atoms with E-state index < -0.39 is 0 Å². The smallest absolute Gasteiger partial charge is 0.126 e. The second-order valence-corrected chi connectivity index (χ2v) is 4.90. The second-order valence-electron chi connectivity index (χ2n) is 3.95. The van der Waals surface area contributed by atoms with Crippen molar-refractivity contribution >= 4 is 11.3 Å². The van der Waals surface area contributed by atoms with Crippen molar-refractivity contribution in [3.8, 4) is 10.6 Å². The molecule has 0 bridgehead atoms. The molecule has 3 rings (SSSR count). The largest absolute Gasteiger partial charge is 0.312 e. The van der Waals surface area contributed by atoms with Gasteiger partial charge in [-0.1, -0.05) is 6.07 Å². The van der Waals surface area contributed by atoms with Crippen LogP contribution in [0.5, 0.6) is 0 Å². The summed E-state index contributed by atoms with van der Waals surface area (Å²) in [5, 5.41) is 5.48. The van der Waals surface area contributed by atoms with Crippen molar-refractivity contribution in [3.05, 3.63) is 34.6 Å². The van der Waals surface area contributed by atoms with Crippen molar-refractivity contribution in [2.45, 2.75) is 19.9 Å². The molecule has 0 unspecified atom stereocenters. The fourth-order valence-corrected chi connectivity index (χ4v) is 2.82. The molecule has 0 atom stereocenters. The first-order chi connectivity index (χ1) is 7.84. The molecule has 0 aromatic carbocycles. The van der Waals surface area contributed by atoms with E-state index in [1.54, 1.807) is 11.3 Å². The Balaban J connectivity index is 2.20. The monoisotopic (exact) mass is 231 g/mol. The zero-order valence-electron chi connectivity index (χ0n) is 9.16. The van der Waals surface area contributed by atoms with Gasteiger partial charge in [0.15, 0.2) is 0 Å². The normalized spacial score (nSPS) is 14.8. The molecule has 2 aromatic heterocycles. The Hall–Kier alpha value is -1.26. The number of rotatable bonds is 1. The first-order valence-corrected chi connectivity index (χ1v) is 6.33. The minimum atomic E-state index is 0.879. The van der Waals surface area contributed by atoms with Crippen LogP contribution >= 0.6 is 11.3 Å². The number of aromatic nitrogens is 2. The van der Waals surface area contributed by atoms with Crippen LogP contribution in [0.4, 0.5) is 0 Å². The summed E-state index contributed by atoms with van der Waals surface area (Å²) in [5.41, 5.74) is 3.61. The third-order valence-electron chi connectivity index (χ3n) is 2.80. The Labute approximate surface area is 98.6 Å². The van der Waals surface area contributed by atoms with E-state index in [0.29, 0.717) is 0 Å². The van der Waals surface area contributed by atoms with Crippen LogP contribution in [0.2, 0.25) is 0 Å². The number of thiophene rings is 1. The van der Waals surface area contributed by atoms with Crippen LogP contribution in [-0.4, -0.2) is 16.5 Å². The van der Waals surface area contributed by atoms with E-state index in [2.05, 4.69) is 32.8 Å². The van der Waals surface area contributed by atoms with E-state index in [-0.39, 0.29) is 0 Å². The lowest BCUT2D eigenvalue weighted by Crippen LogP contribution is -2.26. The van der Waals surface area contributed by atoms with E-state index in [0.717, 1.165) is 31.0 Å². The van der Waals surface area contributed by atoms with E-state index in [1.165, 1.54) is 16.1 Å². The maximum absolute atomic E-state index is 4.59. The average molecular weight is 231 g/mol. The lowest BCUT2D eigenvalue weighted by atomic mass is 10.0. The first-order valence-electron chi connectivity index (χ1n) is 5.45. The maximum atomic E-state index is 4.59. The molecule has 0 spiro atoms. The van der Waals surface area contributed by atoms with E-state index in [4.69, 9.17) is 0 Å². The highest BCUT2D eigenvalue weighted by molar-refractivity contribution is 7.13. The number of hydrogen-bond donors (Lipinski definition) is 1. The van der Waals surface area contributed by atoms with E-state index in [1.807, 2.05) is 6.92 Å². The van der Waals surface area contributed by atoms with Crippen LogP contribution in [0.1, 0.15) is 17.1 Å². The van der Waals surface area contributed by atoms with Gasteiger partial charge in [-0.2, -0.15) is 0 Å². The van der Waals surface area contributed by atoms with Crippen molar-refractivity contribution in [2.75, 3.05) is 6.54 Å². The molecule has 0 radical (unpaired) electrons. The maximum Gasteiger partial charge on any atom is 0.126 e. The lowest BCUT2D eigenvalue weighted by molar-refractivity contribution is 0.625. The molecule has 0 saturated carbocycles. The molecule has 0 amide bonds. The molecule has 4 heteroatoms. The Morgan fingerprint density at radius 1 is 1.38 bits per heavy atom. The van der Waals surface area contributed by atoms with Gasteiger partial charge in [0.1, 0.15) is 5.82 Å². The van der Waals surface area contributed by atoms with Gasteiger partial charge in [0.2, 0.25) is 0 Å². The summed E-state index contributed by atoms with van der Waals surface area (Å²) < 4.78 is 0. The van der Waals surface area contributed by atoms with E-state index in [9.17, 15) is 0 Å². The number of nitrogens with one attached hydrogen (secondary N) is 1. The third-order valence-corrected chi connectivity index (χ3v) is 3.68. The fraction of sp³-hybridized carbons (Fsp3) is 0.333. The quantitative estimate of drug-likeness (QED) is 0.817. The summed E-state index contributed by atoms with van der Waals surface area (Å²) in [6, 6.07) is 4.20. The Morgan fingerprint density at radius 3 is 3.12 bits per heavy atom. The van der Waals surface area contributed by atoms with Gasteiger partial charge in [-0.05, 0) is 18.4 Å². The zero-order valence-corrected chi connectivity index (χ0v) is 9.97. The highest BCUT2D eigenvalue weighted by Gasteiger charge is 2.17. The van der Waals surface area contributed by atoms with Crippen LogP contribution in [0, 0.1) is 6.92 Å². The van der Waals surface area contributed by atoms with Gasteiger partial charge in [0.05, 0.1) is 16.3 Å². The highest BCUT2D eigenvalue weighted by Crippen LogP contribution is 2.28. The Bertz CT molecular complexity index is 505. The van der Waals surface area contributed by atoms with Gasteiger partial charge >= 0.3 is 0 Å². The predicted octanol–water partition coefficient (Wildman–Crippen LogP) is 2.16. The van der Waals surface area contributed by atoms with E-state index >= 15 is 0 Å². The molecule has 16 heavy (non-hydrogen) atoms. The predicted molar refractivity (Wildman–Crippen MR) is 65.5 cm³/mol. The summed E-state index contributed by atoms with van der Waals surface area (Å²) in [6.07, 6.45) is 1.01. The number of fused-ring (bicyclic) bond motifs is 1. The summed E-state index contributed by atoms with van der Waals surface area (Å²) in [5.74, 6) is 0.879. The molecule has 0 saturated heterocycles. The number of aryl methyl sites for hydroxylation is 1. The molecule has 3 nitrogen and oxygen atoms in total. The number of nitrogens with zero attached hydrogens (tertiary/aromatic N) is 2. The molecule has 3 heterocycles. The van der Waals surface area contributed by atoms with Gasteiger partial charge < -0.3 is 5.32 Å². The summed E-state index contributed by atoms with van der Waals surface area (Å²) in [7, 11) is 0. The van der Waals surface area contributed by atoms with Crippen molar-refractivity contribution < 1.29 is 0 Å². The topological polar surface area (TPSA) is 37.8 Å². The van der Waals surface area contributed by atoms with Crippen LogP contribution in [0.3, 0.4) is 0 Å². The summed E-state index contributed by atoms with van der Waals surface area (Å²) in [4.78, 5) is 10.4. The molecule has 1 N–H and O–H groups in total. The molecule has 0 fully saturated rings. The van der Waals surface area contributed by atoms with Gasteiger partial charge in [-0.15, -0.1) is 11.3 Å². The number of hydrogen-bond acceptors (Lipinski definition) is 4. The summed E-state index contributed by atoms with van der Waals surface area (Å²) in [6.45, 7) is 3.88. The Morgan fingerprint density at radius 2 is 2.31 bits per heavy atom. The third kappa shape index (κ3) is 1.64. The van der Waals surface area contributed by atoms with Crippen LogP contribution in [0.25, 0.3) is 10.6 Å². The minimum absolute atomic E-state index is 0.879. The van der Waals surface area contributed by atoms with Crippen molar-refractivity contribution in [2.24, 2.45) is 0 Å². The fourth-order valence-electron chi connectivity index (χ4n) is 2.08. The van der Waals surface area contributed by atoms with Gasteiger partial charge in [-0.25, -0.2) is 9.97 Å². The van der Waals surface area contributed by atoms with Crippen molar-refractivity contribution in [1.29, 1.82) is 0 Å². The molecule has 0 aliphatic carbocycles. The molecule has 1 aliphatic rings. The standard InChI is InChI=1S/C12H13N3S/c1-8-14-10-4-5-13-7-9(10)12(15-8)11-3-2-6-16-11/h2-3,6,13H,4-5,7H2,1H3. The van der Waals surface area contributed by atoms with Gasteiger partial charge in [-0.3, -0.25) is 0 Å². The van der Waals surface area contributed by atoms with Crippen LogP contribution in [-0.2, 0) is 13.0 Å². The van der Waals surface area contributed by atoms with Crippen molar-refractivity contribution in [1.82, 2.24) is 15.3 Å². The van der Waals surface area contributed by atoms with Crippen molar-refractivity contribution in [3.63, 3.8) is 0 Å². The van der Waals surface area contributed by atoms with Crippen LogP contribution < -0.4 is 5.32 Å². The van der Waals surface area contributed by atoms with Gasteiger partial charge in [0, 0.05) is 25.1 Å². The average Bonchev–Trinajstić information content (AvgIpc) is 2.81. The second kappa shape index (κ2) is 3.96. The lowest BCUT2D eigenvalue weighted by Gasteiger charge is -2.18. The Kier molecular flexibility index (Phi) is 2.46. The molecule has 1 aliphatic heterocycles.